The van der Waals surface area contributed by atoms with Crippen LogP contribution in [0.3, 0.4) is 0 Å². The highest BCUT2D eigenvalue weighted by Gasteiger charge is 2.14. The number of aromatic nitrogens is 4. The van der Waals surface area contributed by atoms with Crippen LogP contribution >= 0.6 is 11.8 Å². The van der Waals surface area contributed by atoms with Crippen LogP contribution in [0, 0.1) is 26.6 Å². The molecule has 3 rings (SSSR count). The van der Waals surface area contributed by atoms with E-state index < -0.39 is 0 Å². The Bertz CT molecular complexity index is 985. The summed E-state index contributed by atoms with van der Waals surface area (Å²) in [5, 5.41) is 7.92. The summed E-state index contributed by atoms with van der Waals surface area (Å²) in [6, 6.07) is 4.31. The maximum absolute atomic E-state index is 13.2. The summed E-state index contributed by atoms with van der Waals surface area (Å²) < 4.78 is 14.9. The number of rotatable bonds is 5. The number of halogens is 1. The van der Waals surface area contributed by atoms with E-state index in [9.17, 15) is 9.18 Å². The van der Waals surface area contributed by atoms with Crippen LogP contribution in [0.4, 0.5) is 10.1 Å². The third-order valence-electron chi connectivity index (χ3n) is 4.28. The molecule has 3 aromatic rings. The van der Waals surface area contributed by atoms with E-state index in [1.54, 1.807) is 17.5 Å². The first-order chi connectivity index (χ1) is 12.4. The Morgan fingerprint density at radius 1 is 1.27 bits per heavy atom. The van der Waals surface area contributed by atoms with Gasteiger partial charge >= 0.3 is 0 Å². The van der Waals surface area contributed by atoms with Crippen LogP contribution < -0.4 is 5.32 Å². The van der Waals surface area contributed by atoms with Crippen molar-refractivity contribution in [2.24, 2.45) is 0 Å². The topological polar surface area (TPSA) is 72.2 Å². The van der Waals surface area contributed by atoms with Gasteiger partial charge in [0.15, 0.2) is 0 Å². The lowest BCUT2D eigenvalue weighted by atomic mass is 10.1. The van der Waals surface area contributed by atoms with Crippen molar-refractivity contribution in [2.75, 3.05) is 11.6 Å². The number of carbonyl (C=O) groups excluding carboxylic acids is 1. The van der Waals surface area contributed by atoms with Crippen LogP contribution in [0.5, 0.6) is 0 Å². The van der Waals surface area contributed by atoms with Crippen LogP contribution in [0.1, 0.15) is 28.9 Å². The van der Waals surface area contributed by atoms with E-state index in [4.69, 9.17) is 0 Å². The van der Waals surface area contributed by atoms with Crippen LogP contribution in [-0.2, 0) is 11.2 Å². The minimum absolute atomic E-state index is 0.123. The Kier molecular flexibility index (Phi) is 5.22. The van der Waals surface area contributed by atoms with Gasteiger partial charge in [-0.05, 0) is 62.8 Å². The summed E-state index contributed by atoms with van der Waals surface area (Å²) in [5.74, 6) is 0.130. The second kappa shape index (κ2) is 7.41. The number of aryl methyl sites for hydroxylation is 3. The Hall–Kier alpha value is -2.48. The van der Waals surface area contributed by atoms with Gasteiger partial charge < -0.3 is 5.32 Å². The van der Waals surface area contributed by atoms with Crippen LogP contribution in [0.25, 0.3) is 5.78 Å². The second-order valence-corrected chi connectivity index (χ2v) is 6.85. The van der Waals surface area contributed by atoms with Crippen LogP contribution in [-0.4, -0.2) is 31.7 Å². The van der Waals surface area contributed by atoms with Crippen LogP contribution in [0.15, 0.2) is 23.4 Å². The number of hydrogen-bond acceptors (Lipinski definition) is 5. The number of carbonyl (C=O) groups is 1. The summed E-state index contributed by atoms with van der Waals surface area (Å²) in [6.07, 6.45) is 2.76. The molecule has 1 N–H and O–H groups in total. The first-order valence-electron chi connectivity index (χ1n) is 8.22. The second-order valence-electron chi connectivity index (χ2n) is 6.08. The van der Waals surface area contributed by atoms with E-state index in [1.807, 2.05) is 20.1 Å². The molecule has 0 radical (unpaired) electrons. The molecule has 8 heteroatoms. The molecule has 26 heavy (non-hydrogen) atoms. The van der Waals surface area contributed by atoms with Crippen molar-refractivity contribution in [1.82, 2.24) is 19.6 Å². The van der Waals surface area contributed by atoms with Gasteiger partial charge in [-0.1, -0.05) is 11.8 Å². The van der Waals surface area contributed by atoms with E-state index in [1.165, 1.54) is 23.9 Å². The molecule has 0 saturated carbocycles. The molecule has 0 unspecified atom stereocenters. The van der Waals surface area contributed by atoms with Gasteiger partial charge in [0.1, 0.15) is 5.82 Å². The summed E-state index contributed by atoms with van der Waals surface area (Å²) in [5.41, 5.74) is 4.09. The molecule has 0 aliphatic heterocycles. The van der Waals surface area contributed by atoms with Crippen molar-refractivity contribution in [1.29, 1.82) is 0 Å². The maximum Gasteiger partial charge on any atom is 0.253 e. The van der Waals surface area contributed by atoms with Crippen molar-refractivity contribution in [3.05, 3.63) is 46.5 Å². The van der Waals surface area contributed by atoms with E-state index in [2.05, 4.69) is 20.4 Å². The molecule has 0 aliphatic rings. The number of fused-ring (bicyclic) bond motifs is 1. The van der Waals surface area contributed by atoms with Gasteiger partial charge in [0, 0.05) is 23.5 Å². The number of anilines is 1. The smallest absolute Gasteiger partial charge is 0.253 e. The number of nitrogens with zero attached hydrogens (tertiary/aromatic N) is 4. The lowest BCUT2D eigenvalue weighted by Crippen LogP contribution is -2.15. The molecule has 0 spiro atoms. The Labute approximate surface area is 155 Å². The summed E-state index contributed by atoms with van der Waals surface area (Å²) in [6.45, 7) is 5.63. The lowest BCUT2D eigenvalue weighted by Gasteiger charge is -2.11. The predicted octanol–water partition coefficient (Wildman–Crippen LogP) is 3.48. The first-order valence-corrected chi connectivity index (χ1v) is 9.44. The molecule has 136 valence electrons. The van der Waals surface area contributed by atoms with Gasteiger partial charge in [-0.25, -0.2) is 13.9 Å². The van der Waals surface area contributed by atoms with Crippen molar-refractivity contribution >= 4 is 29.1 Å². The largest absolute Gasteiger partial charge is 0.326 e. The third kappa shape index (κ3) is 3.70. The number of hydrogen-bond donors (Lipinski definition) is 1. The van der Waals surface area contributed by atoms with Gasteiger partial charge in [-0.3, -0.25) is 4.79 Å². The van der Waals surface area contributed by atoms with E-state index in [0.717, 1.165) is 17.0 Å². The highest BCUT2D eigenvalue weighted by molar-refractivity contribution is 7.98. The Balaban J connectivity index is 1.75. The average Bonchev–Trinajstić information content (AvgIpc) is 3.00. The lowest BCUT2D eigenvalue weighted by molar-refractivity contribution is -0.116. The van der Waals surface area contributed by atoms with Gasteiger partial charge in [0.25, 0.3) is 5.78 Å². The highest BCUT2D eigenvalue weighted by Crippen LogP contribution is 2.19. The Morgan fingerprint density at radius 3 is 2.73 bits per heavy atom. The zero-order chi connectivity index (χ0) is 18.8. The number of nitrogens with one attached hydrogen (secondary N) is 1. The zero-order valence-corrected chi connectivity index (χ0v) is 15.9. The minimum atomic E-state index is -0.316. The molecule has 0 fully saturated rings. The van der Waals surface area contributed by atoms with E-state index >= 15 is 0 Å². The number of thioether (sulfide) groups is 1. The fraction of sp³-hybridized carbons (Fsp3) is 0.333. The van der Waals surface area contributed by atoms with Crippen molar-refractivity contribution < 1.29 is 9.18 Å². The molecule has 2 heterocycles. The van der Waals surface area contributed by atoms with Gasteiger partial charge in [0.05, 0.1) is 0 Å². The molecule has 0 bridgehead atoms. The van der Waals surface area contributed by atoms with Gasteiger partial charge in [0.2, 0.25) is 11.1 Å². The monoisotopic (exact) mass is 373 g/mol. The van der Waals surface area contributed by atoms with Crippen LogP contribution in [0.2, 0.25) is 0 Å². The fourth-order valence-corrected chi connectivity index (χ4v) is 3.19. The molecule has 6 nitrogen and oxygen atoms in total. The normalized spacial score (nSPS) is 11.1. The zero-order valence-electron chi connectivity index (χ0n) is 15.1. The number of amides is 1. The first kappa shape index (κ1) is 18.3. The molecule has 1 aromatic carbocycles. The molecule has 0 aliphatic carbocycles. The van der Waals surface area contributed by atoms with E-state index in [0.29, 0.717) is 35.0 Å². The number of benzene rings is 1. The van der Waals surface area contributed by atoms with Crippen molar-refractivity contribution in [3.63, 3.8) is 0 Å². The quantitative estimate of drug-likeness (QED) is 0.693. The highest BCUT2D eigenvalue weighted by atomic mass is 32.2. The van der Waals surface area contributed by atoms with Gasteiger partial charge in [-0.2, -0.15) is 4.98 Å². The summed E-state index contributed by atoms with van der Waals surface area (Å²) >= 11 is 1.46. The summed E-state index contributed by atoms with van der Waals surface area (Å²) in [7, 11) is 0. The molecular formula is C18H20FN5OS. The molecule has 2 aromatic heterocycles. The van der Waals surface area contributed by atoms with Crippen molar-refractivity contribution in [2.45, 2.75) is 38.8 Å². The third-order valence-corrected chi connectivity index (χ3v) is 4.81. The standard InChI is InChI=1S/C18H20FN5OS/c1-10-9-13(19)5-7-15(10)21-16(25)8-6-14-11(2)20-17-22-18(26-4)23-24(17)12(14)3/h5,7,9H,6,8H2,1-4H3,(H,21,25). The molecular weight excluding hydrogens is 353 g/mol. The maximum atomic E-state index is 13.2. The Morgan fingerprint density at radius 2 is 2.04 bits per heavy atom. The molecule has 1 amide bonds. The fourth-order valence-electron chi connectivity index (χ4n) is 2.86. The van der Waals surface area contributed by atoms with E-state index in [-0.39, 0.29) is 11.7 Å². The van der Waals surface area contributed by atoms with Crippen molar-refractivity contribution in [3.8, 4) is 0 Å². The summed E-state index contributed by atoms with van der Waals surface area (Å²) in [4.78, 5) is 21.1. The molecule has 0 saturated heterocycles. The average molecular weight is 373 g/mol. The minimum Gasteiger partial charge on any atom is -0.326 e. The molecule has 0 atom stereocenters. The predicted molar refractivity (Wildman–Crippen MR) is 100 cm³/mol. The van der Waals surface area contributed by atoms with Gasteiger partial charge in [-0.15, -0.1) is 5.10 Å². The SMILES string of the molecule is CSc1nc2nc(C)c(CCC(=O)Nc3ccc(F)cc3C)c(C)n2n1.